The van der Waals surface area contributed by atoms with Crippen LogP contribution in [0.5, 0.6) is 0 Å². The van der Waals surface area contributed by atoms with E-state index in [1.54, 1.807) is 0 Å². The largest absolute Gasteiger partial charge is 0.387 e. The van der Waals surface area contributed by atoms with Crippen molar-refractivity contribution in [2.75, 3.05) is 19.6 Å². The molecule has 1 amide bonds. The molecule has 92 valence electrons. The highest BCUT2D eigenvalue weighted by atomic mass is 16.3. The third-order valence-electron chi connectivity index (χ3n) is 4.01. The van der Waals surface area contributed by atoms with Crippen LogP contribution in [-0.4, -0.2) is 36.2 Å². The smallest absolute Gasteiger partial charge is 0.223 e. The molecule has 0 radical (unpaired) electrons. The zero-order chi connectivity index (χ0) is 11.6. The average Bonchev–Trinajstić information content (AvgIpc) is 2.85. The van der Waals surface area contributed by atoms with E-state index in [1.807, 2.05) is 0 Å². The van der Waals surface area contributed by atoms with Gasteiger partial charge in [-0.3, -0.25) is 4.79 Å². The lowest BCUT2D eigenvalue weighted by molar-refractivity contribution is -0.127. The number of rotatable bonds is 3. The van der Waals surface area contributed by atoms with Gasteiger partial charge in [-0.15, -0.1) is 0 Å². The van der Waals surface area contributed by atoms with E-state index in [2.05, 4.69) is 17.6 Å². The van der Waals surface area contributed by atoms with Crippen LogP contribution in [0.4, 0.5) is 0 Å². The molecule has 0 aromatic rings. The lowest BCUT2D eigenvalue weighted by Crippen LogP contribution is -2.46. The Hall–Kier alpha value is -0.610. The molecule has 2 rings (SSSR count). The first-order chi connectivity index (χ1) is 7.61. The summed E-state index contributed by atoms with van der Waals surface area (Å²) in [6.07, 6.45) is 4.05. The molecule has 1 saturated carbocycles. The van der Waals surface area contributed by atoms with Crippen LogP contribution in [0.2, 0.25) is 0 Å². The van der Waals surface area contributed by atoms with Crippen LogP contribution in [0.3, 0.4) is 0 Å². The molecule has 1 aliphatic carbocycles. The fourth-order valence-electron chi connectivity index (χ4n) is 2.80. The molecule has 0 aromatic heterocycles. The summed E-state index contributed by atoms with van der Waals surface area (Å²) in [5.74, 6) is 0.791. The van der Waals surface area contributed by atoms with Gasteiger partial charge in [0.05, 0.1) is 5.60 Å². The Kier molecular flexibility index (Phi) is 3.50. The monoisotopic (exact) mass is 226 g/mol. The Balaban J connectivity index is 1.79. The van der Waals surface area contributed by atoms with Gasteiger partial charge in [0.25, 0.3) is 0 Å². The SMILES string of the molecule is CC1CCCC1C(=O)NCC1(O)CCNC1. The number of carbonyl (C=O) groups is 1. The fourth-order valence-corrected chi connectivity index (χ4v) is 2.80. The van der Waals surface area contributed by atoms with E-state index in [9.17, 15) is 9.90 Å². The molecule has 1 aliphatic heterocycles. The Morgan fingerprint density at radius 2 is 2.38 bits per heavy atom. The van der Waals surface area contributed by atoms with E-state index in [0.717, 1.165) is 32.2 Å². The summed E-state index contributed by atoms with van der Waals surface area (Å²) >= 11 is 0. The molecule has 0 aromatic carbocycles. The van der Waals surface area contributed by atoms with Gasteiger partial charge in [0.2, 0.25) is 5.91 Å². The van der Waals surface area contributed by atoms with Gasteiger partial charge in [-0.05, 0) is 31.7 Å². The van der Waals surface area contributed by atoms with E-state index in [0.29, 0.717) is 19.0 Å². The molecule has 0 bridgehead atoms. The van der Waals surface area contributed by atoms with E-state index in [1.165, 1.54) is 0 Å². The average molecular weight is 226 g/mol. The van der Waals surface area contributed by atoms with Gasteiger partial charge in [-0.25, -0.2) is 0 Å². The fraction of sp³-hybridized carbons (Fsp3) is 0.917. The van der Waals surface area contributed by atoms with Crippen molar-refractivity contribution >= 4 is 5.91 Å². The zero-order valence-electron chi connectivity index (χ0n) is 9.96. The summed E-state index contributed by atoms with van der Waals surface area (Å²) in [6.45, 7) is 3.96. The second-order valence-electron chi connectivity index (χ2n) is 5.38. The lowest BCUT2D eigenvalue weighted by atomic mass is 9.96. The highest BCUT2D eigenvalue weighted by Crippen LogP contribution is 2.31. The van der Waals surface area contributed by atoms with Crippen LogP contribution in [0, 0.1) is 11.8 Å². The van der Waals surface area contributed by atoms with Crippen molar-refractivity contribution in [2.24, 2.45) is 11.8 Å². The van der Waals surface area contributed by atoms with Gasteiger partial charge in [0.15, 0.2) is 0 Å². The number of β-amino-alcohol motifs (C(OH)–C–C–N with tert-alkyl or cyclic N) is 1. The van der Waals surface area contributed by atoms with Gasteiger partial charge in [0, 0.05) is 19.0 Å². The van der Waals surface area contributed by atoms with Gasteiger partial charge >= 0.3 is 0 Å². The van der Waals surface area contributed by atoms with Crippen LogP contribution >= 0.6 is 0 Å². The topological polar surface area (TPSA) is 61.4 Å². The molecule has 3 unspecified atom stereocenters. The summed E-state index contributed by atoms with van der Waals surface area (Å²) < 4.78 is 0. The van der Waals surface area contributed by atoms with Crippen molar-refractivity contribution in [3.05, 3.63) is 0 Å². The van der Waals surface area contributed by atoms with Crippen molar-refractivity contribution in [1.29, 1.82) is 0 Å². The molecule has 4 heteroatoms. The number of amides is 1. The molecule has 3 atom stereocenters. The van der Waals surface area contributed by atoms with E-state index in [-0.39, 0.29) is 11.8 Å². The highest BCUT2D eigenvalue weighted by molar-refractivity contribution is 5.79. The first-order valence-electron chi connectivity index (χ1n) is 6.31. The quantitative estimate of drug-likeness (QED) is 0.647. The number of aliphatic hydroxyl groups is 1. The predicted molar refractivity (Wildman–Crippen MR) is 62.0 cm³/mol. The summed E-state index contributed by atoms with van der Waals surface area (Å²) in [6, 6.07) is 0. The van der Waals surface area contributed by atoms with Crippen molar-refractivity contribution in [1.82, 2.24) is 10.6 Å². The van der Waals surface area contributed by atoms with Crippen LogP contribution < -0.4 is 10.6 Å². The summed E-state index contributed by atoms with van der Waals surface area (Å²) in [5, 5.41) is 16.1. The van der Waals surface area contributed by atoms with Crippen LogP contribution in [0.1, 0.15) is 32.6 Å². The van der Waals surface area contributed by atoms with E-state index >= 15 is 0 Å². The maximum atomic E-state index is 11.9. The summed E-state index contributed by atoms with van der Waals surface area (Å²) in [4.78, 5) is 11.9. The van der Waals surface area contributed by atoms with E-state index in [4.69, 9.17) is 0 Å². The maximum absolute atomic E-state index is 11.9. The predicted octanol–water partition coefficient (Wildman–Crippen LogP) is 0.263. The number of carbonyl (C=O) groups excluding carboxylic acids is 1. The molecule has 3 N–H and O–H groups in total. The molecule has 4 nitrogen and oxygen atoms in total. The molecule has 2 fully saturated rings. The number of hydrogen-bond donors (Lipinski definition) is 3. The van der Waals surface area contributed by atoms with E-state index < -0.39 is 5.60 Å². The minimum Gasteiger partial charge on any atom is -0.387 e. The minimum atomic E-state index is -0.725. The zero-order valence-corrected chi connectivity index (χ0v) is 9.96. The highest BCUT2D eigenvalue weighted by Gasteiger charge is 2.34. The first-order valence-corrected chi connectivity index (χ1v) is 6.31. The molecular weight excluding hydrogens is 204 g/mol. The van der Waals surface area contributed by atoms with Crippen molar-refractivity contribution in [2.45, 2.75) is 38.2 Å². The van der Waals surface area contributed by atoms with Crippen molar-refractivity contribution < 1.29 is 9.90 Å². The Morgan fingerprint density at radius 1 is 1.56 bits per heavy atom. The van der Waals surface area contributed by atoms with Gasteiger partial charge in [0.1, 0.15) is 0 Å². The minimum absolute atomic E-state index is 0.130. The van der Waals surface area contributed by atoms with Crippen LogP contribution in [0.25, 0.3) is 0 Å². The summed E-state index contributed by atoms with van der Waals surface area (Å²) in [5.41, 5.74) is -0.725. The molecule has 16 heavy (non-hydrogen) atoms. The van der Waals surface area contributed by atoms with Crippen molar-refractivity contribution in [3.8, 4) is 0 Å². The van der Waals surface area contributed by atoms with Crippen LogP contribution in [0.15, 0.2) is 0 Å². The van der Waals surface area contributed by atoms with Crippen LogP contribution in [-0.2, 0) is 4.79 Å². The maximum Gasteiger partial charge on any atom is 0.223 e. The Bertz CT molecular complexity index is 262. The lowest BCUT2D eigenvalue weighted by Gasteiger charge is -2.23. The number of hydrogen-bond acceptors (Lipinski definition) is 3. The van der Waals surface area contributed by atoms with Gasteiger partial charge < -0.3 is 15.7 Å². The molecule has 1 heterocycles. The normalized spacial score (nSPS) is 38.9. The molecule has 0 spiro atoms. The Labute approximate surface area is 96.8 Å². The van der Waals surface area contributed by atoms with Gasteiger partial charge in [-0.2, -0.15) is 0 Å². The summed E-state index contributed by atoms with van der Waals surface area (Å²) in [7, 11) is 0. The van der Waals surface area contributed by atoms with Gasteiger partial charge in [-0.1, -0.05) is 13.3 Å². The molecule has 2 aliphatic rings. The second-order valence-corrected chi connectivity index (χ2v) is 5.38. The van der Waals surface area contributed by atoms with Crippen molar-refractivity contribution in [3.63, 3.8) is 0 Å². The molecular formula is C12H22N2O2. The standard InChI is InChI=1S/C12H22N2O2/c1-9-3-2-4-10(9)11(15)14-8-12(16)5-6-13-7-12/h9-10,13,16H,2-8H2,1H3,(H,14,15). The Morgan fingerprint density at radius 3 is 2.94 bits per heavy atom. The third kappa shape index (κ3) is 2.55. The molecule has 1 saturated heterocycles. The first kappa shape index (κ1) is 11.9. The third-order valence-corrected chi connectivity index (χ3v) is 4.01. The number of nitrogens with one attached hydrogen (secondary N) is 2. The second kappa shape index (κ2) is 4.72.